The molecule has 0 aromatic heterocycles. The molecule has 1 N–H and O–H groups in total. The zero-order valence-corrected chi connectivity index (χ0v) is 21.3. The Morgan fingerprint density at radius 1 is 1.03 bits per heavy atom. The lowest BCUT2D eigenvalue weighted by atomic mass is 10.1. The van der Waals surface area contributed by atoms with E-state index in [-0.39, 0.29) is 11.5 Å². The van der Waals surface area contributed by atoms with Gasteiger partial charge < -0.3 is 10.1 Å². The van der Waals surface area contributed by atoms with Crippen LogP contribution >= 0.6 is 56.8 Å². The van der Waals surface area contributed by atoms with Gasteiger partial charge >= 0.3 is 6.03 Å². The number of nitrogens with zero attached hydrogens (tertiary/aromatic N) is 1. The first-order chi connectivity index (χ1) is 15.3. The molecular weight excluding hydrogens is 661 g/mol. The van der Waals surface area contributed by atoms with Gasteiger partial charge in [-0.2, -0.15) is 0 Å². The number of ether oxygens (including phenoxy) is 1. The van der Waals surface area contributed by atoms with Crippen molar-refractivity contribution in [1.82, 2.24) is 5.32 Å². The third-order valence-electron chi connectivity index (χ3n) is 4.57. The molecule has 0 radical (unpaired) electrons. The number of carbonyl (C=O) groups excluding carboxylic acids is 2. The Labute approximate surface area is 215 Å². The van der Waals surface area contributed by atoms with Gasteiger partial charge in [-0.25, -0.2) is 14.1 Å². The molecule has 0 atom stereocenters. The van der Waals surface area contributed by atoms with Crippen LogP contribution in [0.1, 0.15) is 11.1 Å². The van der Waals surface area contributed by atoms with Gasteiger partial charge in [-0.05, 0) is 105 Å². The van der Waals surface area contributed by atoms with Crippen LogP contribution in [0.4, 0.5) is 14.9 Å². The quantitative estimate of drug-likeness (QED) is 0.195. The van der Waals surface area contributed by atoms with Crippen LogP contribution in [0.5, 0.6) is 5.75 Å². The highest BCUT2D eigenvalue weighted by molar-refractivity contribution is 14.1. The molecule has 5 nitrogen and oxygen atoms in total. The number of imide groups is 1. The molecule has 0 unspecified atom stereocenters. The number of halogens is 4. The van der Waals surface area contributed by atoms with Gasteiger partial charge in [0.25, 0.3) is 5.91 Å². The molecule has 1 aliphatic heterocycles. The van der Waals surface area contributed by atoms with Crippen LogP contribution in [0, 0.1) is 13.0 Å². The molecule has 1 fully saturated rings. The summed E-state index contributed by atoms with van der Waals surface area (Å²) in [5.41, 5.74) is 2.16. The third kappa shape index (κ3) is 5.07. The Kier molecular flexibility index (Phi) is 7.01. The second kappa shape index (κ2) is 9.75. The van der Waals surface area contributed by atoms with E-state index in [1.54, 1.807) is 42.5 Å². The minimum atomic E-state index is -0.535. The molecule has 3 aromatic carbocycles. The highest BCUT2D eigenvalue weighted by atomic mass is 127. The molecule has 1 aliphatic rings. The summed E-state index contributed by atoms with van der Waals surface area (Å²) in [5, 5.41) is 3.04. The van der Waals surface area contributed by atoms with Crippen molar-refractivity contribution in [3.63, 3.8) is 0 Å². The summed E-state index contributed by atoms with van der Waals surface area (Å²) in [6.45, 7) is 0.301. The van der Waals surface area contributed by atoms with Crippen molar-refractivity contribution in [2.45, 2.75) is 6.61 Å². The maximum Gasteiger partial charge on any atom is 0.333 e. The summed E-state index contributed by atoms with van der Waals surface area (Å²) in [5.74, 6) is -0.0586. The van der Waals surface area contributed by atoms with Crippen LogP contribution in [0.25, 0.3) is 6.08 Å². The summed E-state index contributed by atoms with van der Waals surface area (Å²) in [7, 11) is 0. The summed E-state index contributed by atoms with van der Waals surface area (Å²) in [6, 6.07) is 15.9. The Balaban J connectivity index is 1.54. The number of hydrogen-bond donors (Lipinski definition) is 1. The van der Waals surface area contributed by atoms with Crippen molar-refractivity contribution < 1.29 is 18.7 Å². The normalized spacial score (nSPS) is 14.8. The monoisotopic (exact) mass is 674 g/mol. The maximum atomic E-state index is 13.1. The number of rotatable bonds is 5. The summed E-state index contributed by atoms with van der Waals surface area (Å²) in [6.07, 6.45) is 1.62. The lowest BCUT2D eigenvalue weighted by molar-refractivity contribution is -0.113. The second-order valence-electron chi connectivity index (χ2n) is 6.84. The Morgan fingerprint density at radius 3 is 2.38 bits per heavy atom. The van der Waals surface area contributed by atoms with E-state index in [4.69, 9.17) is 16.3 Å². The average Bonchev–Trinajstić information content (AvgIpc) is 3.01. The van der Waals surface area contributed by atoms with Gasteiger partial charge in [0.05, 0.1) is 12.8 Å². The first-order valence-corrected chi connectivity index (χ1v) is 11.8. The fraction of sp³-hybridized carbons (Fsp3) is 0.0435. The lowest BCUT2D eigenvalue weighted by Crippen LogP contribution is -2.30. The van der Waals surface area contributed by atoms with Gasteiger partial charge in [-0.15, -0.1) is 0 Å². The van der Waals surface area contributed by atoms with Crippen molar-refractivity contribution >= 4 is 80.5 Å². The Bertz CT molecular complexity index is 1230. The van der Waals surface area contributed by atoms with Crippen molar-refractivity contribution in [3.05, 3.63) is 95.5 Å². The molecule has 0 saturated carbocycles. The molecule has 1 saturated heterocycles. The van der Waals surface area contributed by atoms with Crippen LogP contribution in [0.2, 0.25) is 5.02 Å². The van der Waals surface area contributed by atoms with Crippen molar-refractivity contribution in [2.75, 3.05) is 4.90 Å². The molecule has 162 valence electrons. The van der Waals surface area contributed by atoms with E-state index in [1.807, 2.05) is 12.1 Å². The number of amides is 3. The third-order valence-corrected chi connectivity index (χ3v) is 6.41. The highest BCUT2D eigenvalue weighted by Gasteiger charge is 2.35. The van der Waals surface area contributed by atoms with Crippen molar-refractivity contribution in [1.29, 1.82) is 0 Å². The minimum Gasteiger partial charge on any atom is -0.487 e. The smallest absolute Gasteiger partial charge is 0.333 e. The van der Waals surface area contributed by atoms with E-state index in [0.717, 1.165) is 23.2 Å². The molecule has 1 heterocycles. The number of hydrogen-bond acceptors (Lipinski definition) is 3. The molecule has 4 rings (SSSR count). The first-order valence-electron chi connectivity index (χ1n) is 9.31. The highest BCUT2D eigenvalue weighted by Crippen LogP contribution is 2.31. The van der Waals surface area contributed by atoms with Gasteiger partial charge in [-0.1, -0.05) is 29.8 Å². The van der Waals surface area contributed by atoms with Gasteiger partial charge in [0.1, 0.15) is 23.9 Å². The minimum absolute atomic E-state index is 0.168. The maximum absolute atomic E-state index is 13.1. The zero-order chi connectivity index (χ0) is 22.8. The molecule has 3 aromatic rings. The average molecular weight is 675 g/mol. The topological polar surface area (TPSA) is 58.6 Å². The van der Waals surface area contributed by atoms with E-state index in [0.29, 0.717) is 23.1 Å². The van der Waals surface area contributed by atoms with E-state index in [1.165, 1.54) is 12.1 Å². The number of benzene rings is 3. The molecule has 0 spiro atoms. The predicted octanol–water partition coefficient (Wildman–Crippen LogP) is 6.36. The van der Waals surface area contributed by atoms with E-state index >= 15 is 0 Å². The molecular formula is C23H14ClFI2N2O3. The zero-order valence-electron chi connectivity index (χ0n) is 16.2. The predicted molar refractivity (Wildman–Crippen MR) is 138 cm³/mol. The van der Waals surface area contributed by atoms with Crippen LogP contribution in [-0.4, -0.2) is 11.9 Å². The van der Waals surface area contributed by atoms with Crippen molar-refractivity contribution in [3.8, 4) is 5.75 Å². The molecule has 0 bridgehead atoms. The number of urea groups is 1. The number of nitrogens with one attached hydrogen (secondary N) is 1. The Hall–Kier alpha value is -2.18. The Morgan fingerprint density at radius 2 is 1.72 bits per heavy atom. The fourth-order valence-electron chi connectivity index (χ4n) is 3.09. The van der Waals surface area contributed by atoms with E-state index in [9.17, 15) is 14.0 Å². The lowest BCUT2D eigenvalue weighted by Gasteiger charge is -2.12. The first kappa shape index (κ1) is 23.0. The van der Waals surface area contributed by atoms with Gasteiger partial charge in [0, 0.05) is 5.02 Å². The van der Waals surface area contributed by atoms with Crippen molar-refractivity contribution in [2.24, 2.45) is 0 Å². The van der Waals surface area contributed by atoms with Crippen LogP contribution in [0.3, 0.4) is 0 Å². The SMILES string of the molecule is O=C1N/C(=C/c2cc(I)c(OCc3ccc(F)cc3)c(I)c2)C(=O)N1c1cccc(Cl)c1. The summed E-state index contributed by atoms with van der Waals surface area (Å²) < 4.78 is 20.7. The summed E-state index contributed by atoms with van der Waals surface area (Å²) in [4.78, 5) is 26.3. The van der Waals surface area contributed by atoms with E-state index in [2.05, 4.69) is 50.5 Å². The van der Waals surface area contributed by atoms with Crippen LogP contribution in [-0.2, 0) is 11.4 Å². The molecule has 3 amide bonds. The standard InChI is InChI=1S/C23H14ClFI2N2O3/c24-15-2-1-3-17(11-15)29-22(30)20(28-23(29)31)10-14-8-18(26)21(19(27)9-14)32-12-13-4-6-16(25)7-5-13/h1-11H,12H2,(H,28,31)/b20-10+. The van der Waals surface area contributed by atoms with Gasteiger partial charge in [0.15, 0.2) is 0 Å². The van der Waals surface area contributed by atoms with Gasteiger partial charge in [0.2, 0.25) is 0 Å². The second-order valence-corrected chi connectivity index (χ2v) is 9.60. The van der Waals surface area contributed by atoms with Crippen LogP contribution < -0.4 is 15.0 Å². The van der Waals surface area contributed by atoms with Gasteiger partial charge in [-0.3, -0.25) is 4.79 Å². The number of anilines is 1. The fourth-order valence-corrected chi connectivity index (χ4v) is 5.40. The van der Waals surface area contributed by atoms with E-state index < -0.39 is 11.9 Å². The largest absolute Gasteiger partial charge is 0.487 e. The number of carbonyl (C=O) groups is 2. The molecule has 9 heteroatoms. The molecule has 0 aliphatic carbocycles. The molecule has 32 heavy (non-hydrogen) atoms. The van der Waals surface area contributed by atoms with Crippen LogP contribution in [0.15, 0.2) is 66.4 Å². The summed E-state index contributed by atoms with van der Waals surface area (Å²) >= 11 is 10.3.